The van der Waals surface area contributed by atoms with E-state index in [4.69, 9.17) is 0 Å². The molecular weight excluding hydrogens is 410 g/mol. The number of rotatable bonds is 6. The van der Waals surface area contributed by atoms with Crippen LogP contribution in [-0.4, -0.2) is 59.5 Å². The van der Waals surface area contributed by atoms with Crippen LogP contribution in [0.1, 0.15) is 10.9 Å². The number of nitrogens with one attached hydrogen (secondary N) is 1. The van der Waals surface area contributed by atoms with E-state index in [9.17, 15) is 0 Å². The SMILES string of the molecule is CN1CCN(C(CNc2ncnc3scc(-c4ccccc4)c23)c2cccs2)CC1. The first-order valence-electron chi connectivity index (χ1n) is 10.3. The Morgan fingerprint density at radius 3 is 2.60 bits per heavy atom. The van der Waals surface area contributed by atoms with E-state index in [0.717, 1.165) is 48.8 Å². The molecule has 0 radical (unpaired) electrons. The van der Waals surface area contributed by atoms with E-state index in [1.54, 1.807) is 17.7 Å². The zero-order valence-corrected chi connectivity index (χ0v) is 18.6. The van der Waals surface area contributed by atoms with Gasteiger partial charge in [-0.05, 0) is 24.1 Å². The summed E-state index contributed by atoms with van der Waals surface area (Å²) in [5, 5.41) is 9.18. The highest BCUT2D eigenvalue weighted by atomic mass is 32.1. The summed E-state index contributed by atoms with van der Waals surface area (Å²) in [6.07, 6.45) is 1.67. The van der Waals surface area contributed by atoms with Crippen LogP contribution in [0.15, 0.2) is 59.6 Å². The summed E-state index contributed by atoms with van der Waals surface area (Å²) in [6.45, 7) is 5.24. The van der Waals surface area contributed by atoms with Crippen molar-refractivity contribution in [1.82, 2.24) is 19.8 Å². The number of likely N-dealkylation sites (N-methyl/N-ethyl adjacent to an activating group) is 1. The Bertz CT molecular complexity index is 1090. The van der Waals surface area contributed by atoms with Crippen LogP contribution in [0, 0.1) is 0 Å². The van der Waals surface area contributed by atoms with Gasteiger partial charge in [-0.1, -0.05) is 36.4 Å². The number of thiophene rings is 2. The molecule has 1 N–H and O–H groups in total. The number of hydrogen-bond donors (Lipinski definition) is 1. The maximum atomic E-state index is 4.64. The molecule has 1 atom stereocenters. The third kappa shape index (κ3) is 3.98. The zero-order valence-electron chi connectivity index (χ0n) is 17.0. The summed E-state index contributed by atoms with van der Waals surface area (Å²) < 4.78 is 0. The lowest BCUT2D eigenvalue weighted by Crippen LogP contribution is -2.47. The Balaban J connectivity index is 1.44. The lowest BCUT2D eigenvalue weighted by Gasteiger charge is -2.37. The number of nitrogens with zero attached hydrogens (tertiary/aromatic N) is 4. The fraction of sp³-hybridized carbons (Fsp3) is 0.304. The van der Waals surface area contributed by atoms with Gasteiger partial charge in [0.25, 0.3) is 0 Å². The van der Waals surface area contributed by atoms with Crippen LogP contribution >= 0.6 is 22.7 Å². The van der Waals surface area contributed by atoms with Crippen LogP contribution in [0.2, 0.25) is 0 Å². The number of hydrogen-bond acceptors (Lipinski definition) is 7. The highest BCUT2D eigenvalue weighted by Crippen LogP contribution is 2.37. The zero-order chi connectivity index (χ0) is 20.3. The van der Waals surface area contributed by atoms with Gasteiger partial charge in [-0.3, -0.25) is 4.90 Å². The monoisotopic (exact) mass is 435 g/mol. The Morgan fingerprint density at radius 1 is 1.00 bits per heavy atom. The molecule has 4 aromatic rings. The molecule has 5 nitrogen and oxygen atoms in total. The highest BCUT2D eigenvalue weighted by molar-refractivity contribution is 7.17. The van der Waals surface area contributed by atoms with E-state index >= 15 is 0 Å². The van der Waals surface area contributed by atoms with E-state index in [-0.39, 0.29) is 0 Å². The van der Waals surface area contributed by atoms with Crippen molar-refractivity contribution in [2.75, 3.05) is 45.1 Å². The predicted molar refractivity (Wildman–Crippen MR) is 127 cm³/mol. The van der Waals surface area contributed by atoms with Gasteiger partial charge in [0, 0.05) is 48.5 Å². The van der Waals surface area contributed by atoms with Gasteiger partial charge in [0.2, 0.25) is 0 Å². The third-order valence-corrected chi connectivity index (χ3v) is 7.63. The van der Waals surface area contributed by atoms with Crippen molar-refractivity contribution in [2.45, 2.75) is 6.04 Å². The minimum atomic E-state index is 0.350. The maximum absolute atomic E-state index is 4.64. The topological polar surface area (TPSA) is 44.3 Å². The molecule has 3 aromatic heterocycles. The van der Waals surface area contributed by atoms with Crippen molar-refractivity contribution in [2.24, 2.45) is 0 Å². The molecule has 1 aliphatic heterocycles. The molecule has 1 saturated heterocycles. The molecule has 1 fully saturated rings. The molecule has 7 heteroatoms. The number of piperazine rings is 1. The Hall–Kier alpha value is -2.32. The Morgan fingerprint density at radius 2 is 1.83 bits per heavy atom. The van der Waals surface area contributed by atoms with Crippen molar-refractivity contribution in [1.29, 1.82) is 0 Å². The Kier molecular flexibility index (Phi) is 5.77. The van der Waals surface area contributed by atoms with Crippen molar-refractivity contribution in [3.8, 4) is 11.1 Å². The number of anilines is 1. The second kappa shape index (κ2) is 8.81. The summed E-state index contributed by atoms with van der Waals surface area (Å²) in [6, 6.07) is 15.3. The number of benzene rings is 1. The average Bonchev–Trinajstić information content (AvgIpc) is 3.46. The van der Waals surface area contributed by atoms with Gasteiger partial charge in [0.05, 0.1) is 11.4 Å². The van der Waals surface area contributed by atoms with Crippen LogP contribution in [0.25, 0.3) is 21.3 Å². The molecule has 0 bridgehead atoms. The first kappa shape index (κ1) is 19.6. The molecule has 30 heavy (non-hydrogen) atoms. The Labute approximate surface area is 185 Å². The molecule has 0 spiro atoms. The third-order valence-electron chi connectivity index (χ3n) is 5.77. The highest BCUT2D eigenvalue weighted by Gasteiger charge is 2.25. The number of aromatic nitrogens is 2. The molecule has 1 unspecified atom stereocenters. The molecule has 1 aromatic carbocycles. The van der Waals surface area contributed by atoms with E-state index in [1.165, 1.54) is 16.0 Å². The summed E-state index contributed by atoms with van der Waals surface area (Å²) in [5.74, 6) is 0.927. The largest absolute Gasteiger partial charge is 0.367 e. The minimum absolute atomic E-state index is 0.350. The van der Waals surface area contributed by atoms with Crippen LogP contribution in [-0.2, 0) is 0 Å². The minimum Gasteiger partial charge on any atom is -0.367 e. The van der Waals surface area contributed by atoms with Crippen LogP contribution < -0.4 is 5.32 Å². The van der Waals surface area contributed by atoms with Crippen molar-refractivity contribution in [3.63, 3.8) is 0 Å². The van der Waals surface area contributed by atoms with E-state index in [1.807, 2.05) is 11.3 Å². The molecule has 1 aliphatic rings. The van der Waals surface area contributed by atoms with Gasteiger partial charge in [0.1, 0.15) is 17.0 Å². The smallest absolute Gasteiger partial charge is 0.138 e. The quantitative estimate of drug-likeness (QED) is 0.470. The van der Waals surface area contributed by atoms with Gasteiger partial charge in [-0.2, -0.15) is 0 Å². The molecule has 154 valence electrons. The first-order valence-corrected chi connectivity index (χ1v) is 12.0. The van der Waals surface area contributed by atoms with Crippen molar-refractivity contribution < 1.29 is 0 Å². The second-order valence-electron chi connectivity index (χ2n) is 7.67. The van der Waals surface area contributed by atoms with E-state index in [0.29, 0.717) is 6.04 Å². The van der Waals surface area contributed by atoms with E-state index in [2.05, 4.69) is 85.4 Å². The number of fused-ring (bicyclic) bond motifs is 1. The van der Waals surface area contributed by atoms with Gasteiger partial charge in [0.15, 0.2) is 0 Å². The molecular formula is C23H25N5S2. The fourth-order valence-corrected chi connectivity index (χ4v) is 5.83. The molecule has 0 saturated carbocycles. The van der Waals surface area contributed by atoms with Gasteiger partial charge in [-0.15, -0.1) is 22.7 Å². The van der Waals surface area contributed by atoms with Crippen LogP contribution in [0.4, 0.5) is 5.82 Å². The lowest BCUT2D eigenvalue weighted by molar-refractivity contribution is 0.118. The normalized spacial score (nSPS) is 16.7. The standard InChI is InChI=1S/C23H25N5S2/c1-27-9-11-28(12-10-27)19(20-8-5-13-29-20)14-24-22-21-18(17-6-3-2-4-7-17)15-30-23(21)26-16-25-22/h2-8,13,15-16,19H,9-12,14H2,1H3,(H,24,25,26). The summed E-state index contributed by atoms with van der Waals surface area (Å²) in [7, 11) is 2.20. The molecule has 4 heterocycles. The molecule has 5 rings (SSSR count). The van der Waals surface area contributed by atoms with Crippen LogP contribution in [0.5, 0.6) is 0 Å². The van der Waals surface area contributed by atoms with Crippen molar-refractivity contribution in [3.05, 3.63) is 64.4 Å². The summed E-state index contributed by atoms with van der Waals surface area (Å²) >= 11 is 3.52. The summed E-state index contributed by atoms with van der Waals surface area (Å²) in [4.78, 5) is 16.6. The predicted octanol–water partition coefficient (Wildman–Crippen LogP) is 4.82. The fourth-order valence-electron chi connectivity index (χ4n) is 4.06. The second-order valence-corrected chi connectivity index (χ2v) is 9.51. The van der Waals surface area contributed by atoms with Crippen LogP contribution in [0.3, 0.4) is 0 Å². The maximum Gasteiger partial charge on any atom is 0.138 e. The molecule has 0 amide bonds. The summed E-state index contributed by atoms with van der Waals surface area (Å²) in [5.41, 5.74) is 2.40. The van der Waals surface area contributed by atoms with Gasteiger partial charge in [-0.25, -0.2) is 9.97 Å². The first-order chi connectivity index (χ1) is 14.8. The van der Waals surface area contributed by atoms with Gasteiger partial charge >= 0.3 is 0 Å². The molecule has 0 aliphatic carbocycles. The van der Waals surface area contributed by atoms with Gasteiger partial charge < -0.3 is 10.2 Å². The lowest BCUT2D eigenvalue weighted by atomic mass is 10.1. The van der Waals surface area contributed by atoms with Crippen molar-refractivity contribution >= 4 is 38.7 Å². The van der Waals surface area contributed by atoms with E-state index < -0.39 is 0 Å². The average molecular weight is 436 g/mol.